The van der Waals surface area contributed by atoms with Crippen LogP contribution >= 0.6 is 0 Å². The third-order valence-electron chi connectivity index (χ3n) is 3.66. The van der Waals surface area contributed by atoms with Gasteiger partial charge in [0.05, 0.1) is 25.4 Å². The number of hydrogen-bond donors (Lipinski definition) is 1. The van der Waals surface area contributed by atoms with Crippen LogP contribution < -0.4 is 0 Å². The van der Waals surface area contributed by atoms with E-state index in [1.165, 1.54) is 12.8 Å². The number of rotatable bonds is 5. The first-order chi connectivity index (χ1) is 8.26. The van der Waals surface area contributed by atoms with E-state index < -0.39 is 5.79 Å². The van der Waals surface area contributed by atoms with E-state index in [1.54, 1.807) is 0 Å². The normalized spacial score (nSPS) is 32.1. The maximum atomic E-state index is 9.93. The summed E-state index contributed by atoms with van der Waals surface area (Å²) in [6, 6.07) is 0. The van der Waals surface area contributed by atoms with Crippen LogP contribution in [0.3, 0.4) is 0 Å². The zero-order valence-corrected chi connectivity index (χ0v) is 10.7. The van der Waals surface area contributed by atoms with Gasteiger partial charge in [0, 0.05) is 19.4 Å². The van der Waals surface area contributed by atoms with Crippen molar-refractivity contribution in [3.63, 3.8) is 0 Å². The highest BCUT2D eigenvalue weighted by atomic mass is 16.7. The van der Waals surface area contributed by atoms with Crippen LogP contribution in [0.1, 0.15) is 45.4 Å². The molecule has 0 aromatic rings. The predicted molar refractivity (Wildman–Crippen MR) is 63.8 cm³/mol. The number of unbranched alkanes of at least 4 members (excludes halogenated alkanes) is 2. The van der Waals surface area contributed by atoms with Gasteiger partial charge in [-0.1, -0.05) is 19.8 Å². The Hall–Kier alpha value is -0.160. The van der Waals surface area contributed by atoms with Crippen molar-refractivity contribution < 1.29 is 19.3 Å². The third-order valence-corrected chi connectivity index (χ3v) is 3.66. The van der Waals surface area contributed by atoms with E-state index in [1.807, 2.05) is 0 Å². The topological polar surface area (TPSA) is 47.9 Å². The smallest absolute Gasteiger partial charge is 0.171 e. The first-order valence-electron chi connectivity index (χ1n) is 6.83. The summed E-state index contributed by atoms with van der Waals surface area (Å²) in [6.45, 7) is 4.23. The van der Waals surface area contributed by atoms with Crippen LogP contribution in [0.5, 0.6) is 0 Å². The molecule has 1 aliphatic carbocycles. The van der Waals surface area contributed by atoms with Crippen molar-refractivity contribution in [3.8, 4) is 0 Å². The fourth-order valence-corrected chi connectivity index (χ4v) is 2.61. The summed E-state index contributed by atoms with van der Waals surface area (Å²) >= 11 is 0. The van der Waals surface area contributed by atoms with Crippen LogP contribution in [0, 0.1) is 0 Å². The minimum absolute atomic E-state index is 0.126. The van der Waals surface area contributed by atoms with Gasteiger partial charge in [-0.25, -0.2) is 0 Å². The second-order valence-corrected chi connectivity index (χ2v) is 5.03. The summed E-state index contributed by atoms with van der Waals surface area (Å²) in [7, 11) is 0. The zero-order chi connectivity index (χ0) is 12.1. The Bertz CT molecular complexity index is 225. The van der Waals surface area contributed by atoms with E-state index in [2.05, 4.69) is 6.92 Å². The lowest BCUT2D eigenvalue weighted by atomic mass is 9.89. The summed E-state index contributed by atoms with van der Waals surface area (Å²) in [5.74, 6) is -0.464. The molecule has 2 rings (SSSR count). The molecule has 0 amide bonds. The molecule has 4 nitrogen and oxygen atoms in total. The molecule has 0 radical (unpaired) electrons. The molecule has 100 valence electrons. The van der Waals surface area contributed by atoms with E-state index in [9.17, 15) is 5.11 Å². The van der Waals surface area contributed by atoms with E-state index in [4.69, 9.17) is 14.2 Å². The van der Waals surface area contributed by atoms with Gasteiger partial charge in [-0.15, -0.1) is 0 Å². The van der Waals surface area contributed by atoms with Crippen LogP contribution in [0.2, 0.25) is 0 Å². The fraction of sp³-hybridized carbons (Fsp3) is 1.00. The van der Waals surface area contributed by atoms with E-state index >= 15 is 0 Å². The average molecular weight is 244 g/mol. The van der Waals surface area contributed by atoms with E-state index in [0.29, 0.717) is 26.1 Å². The van der Waals surface area contributed by atoms with E-state index in [0.717, 1.165) is 19.4 Å². The van der Waals surface area contributed by atoms with Gasteiger partial charge in [0.1, 0.15) is 0 Å². The molecule has 2 atom stereocenters. The molecule has 1 saturated heterocycles. The maximum absolute atomic E-state index is 9.93. The molecule has 0 bridgehead atoms. The van der Waals surface area contributed by atoms with Crippen molar-refractivity contribution in [1.82, 2.24) is 0 Å². The Morgan fingerprint density at radius 2 is 2.06 bits per heavy atom. The van der Waals surface area contributed by atoms with Crippen LogP contribution in [0.15, 0.2) is 0 Å². The minimum Gasteiger partial charge on any atom is -0.390 e. The Kier molecular flexibility index (Phi) is 4.79. The highest BCUT2D eigenvalue weighted by Gasteiger charge is 2.45. The SMILES string of the molecule is CCCCCOC1CC2(CCC1O)OCCO2. The molecule has 2 fully saturated rings. The summed E-state index contributed by atoms with van der Waals surface area (Å²) in [5, 5.41) is 9.93. The first kappa shape index (κ1) is 13.3. The quantitative estimate of drug-likeness (QED) is 0.750. The average Bonchev–Trinajstić information content (AvgIpc) is 2.78. The molecule has 1 heterocycles. The third kappa shape index (κ3) is 3.41. The number of ether oxygens (including phenoxy) is 3. The van der Waals surface area contributed by atoms with Gasteiger partial charge in [-0.05, 0) is 12.8 Å². The Balaban J connectivity index is 1.78. The van der Waals surface area contributed by atoms with Crippen molar-refractivity contribution in [2.45, 2.75) is 63.4 Å². The summed E-state index contributed by atoms with van der Waals surface area (Å²) in [5.41, 5.74) is 0. The van der Waals surface area contributed by atoms with Crippen molar-refractivity contribution in [3.05, 3.63) is 0 Å². The Morgan fingerprint density at radius 3 is 2.76 bits per heavy atom. The van der Waals surface area contributed by atoms with Crippen molar-refractivity contribution in [1.29, 1.82) is 0 Å². The van der Waals surface area contributed by atoms with Crippen LogP contribution in [-0.2, 0) is 14.2 Å². The number of aliphatic hydroxyl groups excluding tert-OH is 1. The Morgan fingerprint density at radius 1 is 1.29 bits per heavy atom. The van der Waals surface area contributed by atoms with Gasteiger partial charge >= 0.3 is 0 Å². The number of aliphatic hydroxyl groups is 1. The molecule has 1 N–H and O–H groups in total. The van der Waals surface area contributed by atoms with Crippen LogP contribution in [0.4, 0.5) is 0 Å². The summed E-state index contributed by atoms with van der Waals surface area (Å²) in [6.07, 6.45) is 5.10. The first-order valence-corrected chi connectivity index (χ1v) is 6.83. The van der Waals surface area contributed by atoms with Crippen molar-refractivity contribution in [2.24, 2.45) is 0 Å². The standard InChI is InChI=1S/C13H24O4/c1-2-3-4-7-15-12-10-13(6-5-11(12)14)16-8-9-17-13/h11-12,14H,2-10H2,1H3. The van der Waals surface area contributed by atoms with Crippen LogP contribution in [0.25, 0.3) is 0 Å². The Labute approximate surface area is 103 Å². The number of hydrogen-bond acceptors (Lipinski definition) is 4. The predicted octanol–water partition coefficient (Wildman–Crippen LogP) is 1.85. The molecule has 1 spiro atoms. The molecule has 2 unspecified atom stereocenters. The second-order valence-electron chi connectivity index (χ2n) is 5.03. The van der Waals surface area contributed by atoms with Gasteiger partial charge in [-0.2, -0.15) is 0 Å². The largest absolute Gasteiger partial charge is 0.390 e. The lowest BCUT2D eigenvalue weighted by molar-refractivity contribution is -0.221. The molecule has 0 aromatic heterocycles. The van der Waals surface area contributed by atoms with Gasteiger partial charge in [0.15, 0.2) is 5.79 Å². The lowest BCUT2D eigenvalue weighted by Gasteiger charge is -2.38. The molecule has 4 heteroatoms. The summed E-state index contributed by atoms with van der Waals surface area (Å²) < 4.78 is 17.1. The lowest BCUT2D eigenvalue weighted by Crippen LogP contribution is -2.46. The van der Waals surface area contributed by atoms with Crippen molar-refractivity contribution >= 4 is 0 Å². The zero-order valence-electron chi connectivity index (χ0n) is 10.7. The van der Waals surface area contributed by atoms with Gasteiger partial charge in [0.25, 0.3) is 0 Å². The molecule has 0 aromatic carbocycles. The maximum Gasteiger partial charge on any atom is 0.171 e. The molecular weight excluding hydrogens is 220 g/mol. The second kappa shape index (κ2) is 6.14. The molecule has 1 saturated carbocycles. The fourth-order valence-electron chi connectivity index (χ4n) is 2.61. The minimum atomic E-state index is -0.464. The van der Waals surface area contributed by atoms with Gasteiger partial charge in [-0.3, -0.25) is 0 Å². The molecule has 17 heavy (non-hydrogen) atoms. The monoisotopic (exact) mass is 244 g/mol. The highest BCUT2D eigenvalue weighted by molar-refractivity contribution is 4.88. The van der Waals surface area contributed by atoms with Gasteiger partial charge in [0.2, 0.25) is 0 Å². The molecular formula is C13H24O4. The summed E-state index contributed by atoms with van der Waals surface area (Å²) in [4.78, 5) is 0. The van der Waals surface area contributed by atoms with Crippen LogP contribution in [-0.4, -0.2) is 42.9 Å². The molecule has 1 aliphatic heterocycles. The highest BCUT2D eigenvalue weighted by Crippen LogP contribution is 2.37. The van der Waals surface area contributed by atoms with Crippen molar-refractivity contribution in [2.75, 3.05) is 19.8 Å². The van der Waals surface area contributed by atoms with E-state index in [-0.39, 0.29) is 12.2 Å². The van der Waals surface area contributed by atoms with Gasteiger partial charge < -0.3 is 19.3 Å². The molecule has 2 aliphatic rings.